The zero-order valence-corrected chi connectivity index (χ0v) is 13.4. The van der Waals surface area contributed by atoms with Crippen molar-refractivity contribution in [2.45, 2.75) is 51.5 Å². The lowest BCUT2D eigenvalue weighted by molar-refractivity contribution is 0.555. The molecule has 0 radical (unpaired) electrons. The van der Waals surface area contributed by atoms with Gasteiger partial charge in [-0.05, 0) is 65.2 Å². The van der Waals surface area contributed by atoms with Gasteiger partial charge in [0.2, 0.25) is 0 Å². The minimum absolute atomic E-state index is 0.427. The lowest BCUT2D eigenvalue weighted by Crippen LogP contribution is -2.22. The van der Waals surface area contributed by atoms with Crippen LogP contribution in [-0.4, -0.2) is 6.54 Å². The van der Waals surface area contributed by atoms with Crippen molar-refractivity contribution < 1.29 is 0 Å². The van der Waals surface area contributed by atoms with E-state index in [0.717, 1.165) is 6.54 Å². The SMILES string of the molecule is CCNC(C1=CCCCCCC1)c1csc(Br)c1. The zero-order valence-electron chi connectivity index (χ0n) is 11.0. The first-order valence-electron chi connectivity index (χ1n) is 6.97. The minimum atomic E-state index is 0.427. The Morgan fingerprint density at radius 3 is 2.89 bits per heavy atom. The van der Waals surface area contributed by atoms with Gasteiger partial charge in [0.15, 0.2) is 0 Å². The summed E-state index contributed by atoms with van der Waals surface area (Å²) in [5.74, 6) is 0. The third-order valence-corrected chi connectivity index (χ3v) is 5.05. The van der Waals surface area contributed by atoms with Crippen molar-refractivity contribution in [3.05, 3.63) is 32.4 Å². The van der Waals surface area contributed by atoms with Crippen molar-refractivity contribution in [1.29, 1.82) is 0 Å². The maximum atomic E-state index is 3.65. The molecule has 0 saturated carbocycles. The summed E-state index contributed by atoms with van der Waals surface area (Å²) in [4.78, 5) is 0. The molecule has 1 aliphatic carbocycles. The van der Waals surface area contributed by atoms with Crippen LogP contribution in [0.5, 0.6) is 0 Å². The van der Waals surface area contributed by atoms with Gasteiger partial charge in [-0.1, -0.05) is 31.4 Å². The molecule has 1 N–H and O–H groups in total. The van der Waals surface area contributed by atoms with Crippen LogP contribution in [0.15, 0.2) is 26.9 Å². The van der Waals surface area contributed by atoms with E-state index in [1.807, 2.05) is 0 Å². The van der Waals surface area contributed by atoms with Gasteiger partial charge in [-0.15, -0.1) is 11.3 Å². The van der Waals surface area contributed by atoms with Gasteiger partial charge >= 0.3 is 0 Å². The summed E-state index contributed by atoms with van der Waals surface area (Å²) in [7, 11) is 0. The second-order valence-corrected chi connectivity index (χ2v) is 7.20. The van der Waals surface area contributed by atoms with Crippen LogP contribution in [0.2, 0.25) is 0 Å². The van der Waals surface area contributed by atoms with Gasteiger partial charge < -0.3 is 5.32 Å². The van der Waals surface area contributed by atoms with Crippen LogP contribution >= 0.6 is 27.3 Å². The fourth-order valence-corrected chi connectivity index (χ4v) is 3.82. The maximum Gasteiger partial charge on any atom is 0.0701 e. The van der Waals surface area contributed by atoms with Gasteiger partial charge in [0.1, 0.15) is 0 Å². The molecule has 0 amide bonds. The van der Waals surface area contributed by atoms with Crippen molar-refractivity contribution in [1.82, 2.24) is 5.32 Å². The molecule has 1 heterocycles. The Labute approximate surface area is 123 Å². The molecule has 1 nitrogen and oxygen atoms in total. The Hall–Kier alpha value is -0.120. The van der Waals surface area contributed by atoms with Crippen molar-refractivity contribution in [3.63, 3.8) is 0 Å². The molecule has 0 spiro atoms. The van der Waals surface area contributed by atoms with Crippen LogP contribution in [0.3, 0.4) is 0 Å². The molecule has 0 aliphatic heterocycles. The average molecular weight is 328 g/mol. The molecule has 1 unspecified atom stereocenters. The lowest BCUT2D eigenvalue weighted by Gasteiger charge is -2.22. The second kappa shape index (κ2) is 7.46. The maximum absolute atomic E-state index is 3.65. The van der Waals surface area contributed by atoms with Crippen LogP contribution in [0.1, 0.15) is 57.1 Å². The number of hydrogen-bond donors (Lipinski definition) is 1. The van der Waals surface area contributed by atoms with Crippen LogP contribution in [0.4, 0.5) is 0 Å². The summed E-state index contributed by atoms with van der Waals surface area (Å²) in [6.07, 6.45) is 10.5. The number of rotatable bonds is 4. The van der Waals surface area contributed by atoms with Crippen molar-refractivity contribution in [2.24, 2.45) is 0 Å². The highest BCUT2D eigenvalue weighted by Gasteiger charge is 2.17. The summed E-state index contributed by atoms with van der Waals surface area (Å²) in [6, 6.07) is 2.69. The molecule has 0 saturated heterocycles. The predicted molar refractivity (Wildman–Crippen MR) is 84.2 cm³/mol. The van der Waals surface area contributed by atoms with Gasteiger partial charge in [-0.2, -0.15) is 0 Å². The summed E-state index contributed by atoms with van der Waals surface area (Å²) < 4.78 is 1.23. The number of likely N-dealkylation sites (N-methyl/N-ethyl adjacent to an activating group) is 1. The summed E-state index contributed by atoms with van der Waals surface area (Å²) in [6.45, 7) is 3.22. The van der Waals surface area contributed by atoms with E-state index in [4.69, 9.17) is 0 Å². The summed E-state index contributed by atoms with van der Waals surface area (Å²) >= 11 is 5.36. The molecule has 2 rings (SSSR count). The molecular weight excluding hydrogens is 306 g/mol. The normalized spacial score (nSPS) is 18.9. The number of hydrogen-bond acceptors (Lipinski definition) is 2. The molecule has 18 heavy (non-hydrogen) atoms. The fourth-order valence-electron chi connectivity index (χ4n) is 2.62. The highest BCUT2D eigenvalue weighted by molar-refractivity contribution is 9.11. The number of nitrogens with one attached hydrogen (secondary N) is 1. The molecule has 100 valence electrons. The van der Waals surface area contributed by atoms with Crippen LogP contribution in [0.25, 0.3) is 0 Å². The monoisotopic (exact) mass is 327 g/mol. The van der Waals surface area contributed by atoms with E-state index in [1.165, 1.54) is 47.9 Å². The third kappa shape index (κ3) is 3.94. The molecule has 0 bridgehead atoms. The summed E-state index contributed by atoms with van der Waals surface area (Å²) in [5.41, 5.74) is 3.02. The minimum Gasteiger partial charge on any atom is -0.307 e. The van der Waals surface area contributed by atoms with Crippen LogP contribution < -0.4 is 5.32 Å². The number of halogens is 1. The lowest BCUT2D eigenvalue weighted by atomic mass is 9.92. The molecule has 0 aromatic carbocycles. The largest absolute Gasteiger partial charge is 0.307 e. The highest BCUT2D eigenvalue weighted by Crippen LogP contribution is 2.32. The Morgan fingerprint density at radius 1 is 1.33 bits per heavy atom. The highest BCUT2D eigenvalue weighted by atomic mass is 79.9. The van der Waals surface area contributed by atoms with Crippen LogP contribution in [-0.2, 0) is 0 Å². The smallest absolute Gasteiger partial charge is 0.0701 e. The Balaban J connectivity index is 2.17. The molecule has 1 aliphatic rings. The van der Waals surface area contributed by atoms with E-state index < -0.39 is 0 Å². The van der Waals surface area contributed by atoms with Crippen molar-refractivity contribution >= 4 is 27.3 Å². The van der Waals surface area contributed by atoms with Crippen molar-refractivity contribution in [3.8, 4) is 0 Å². The molecule has 3 heteroatoms. The second-order valence-electron chi connectivity index (χ2n) is 4.91. The molecular formula is C15H22BrNS. The third-order valence-electron chi connectivity index (χ3n) is 3.53. The topological polar surface area (TPSA) is 12.0 Å². The van der Waals surface area contributed by atoms with Crippen molar-refractivity contribution in [2.75, 3.05) is 6.54 Å². The molecule has 1 aromatic heterocycles. The van der Waals surface area contributed by atoms with Gasteiger partial charge in [-0.25, -0.2) is 0 Å². The molecule has 1 atom stereocenters. The van der Waals surface area contributed by atoms with E-state index >= 15 is 0 Å². The summed E-state index contributed by atoms with van der Waals surface area (Å²) in [5, 5.41) is 5.92. The first kappa shape index (κ1) is 14.3. The number of allylic oxidation sites excluding steroid dienone is 1. The van der Waals surface area contributed by atoms with E-state index in [9.17, 15) is 0 Å². The first-order chi connectivity index (χ1) is 8.81. The quantitative estimate of drug-likeness (QED) is 0.726. The molecule has 0 fully saturated rings. The Kier molecular flexibility index (Phi) is 5.93. The first-order valence-corrected chi connectivity index (χ1v) is 8.64. The predicted octanol–water partition coefficient (Wildman–Crippen LogP) is 5.44. The molecule has 1 aromatic rings. The van der Waals surface area contributed by atoms with E-state index in [0.29, 0.717) is 6.04 Å². The standard InChI is InChI=1S/C15H22BrNS/c1-2-17-15(13-10-14(16)18-11-13)12-8-6-4-3-5-7-9-12/h8,10-11,15,17H,2-7,9H2,1H3. The zero-order chi connectivity index (χ0) is 12.8. The van der Waals surface area contributed by atoms with Gasteiger partial charge in [0, 0.05) is 0 Å². The average Bonchev–Trinajstić information content (AvgIpc) is 2.73. The Morgan fingerprint density at radius 2 is 2.17 bits per heavy atom. The number of thiophene rings is 1. The van der Waals surface area contributed by atoms with E-state index in [-0.39, 0.29) is 0 Å². The van der Waals surface area contributed by atoms with Crippen LogP contribution in [0, 0.1) is 0 Å². The van der Waals surface area contributed by atoms with Gasteiger partial charge in [0.05, 0.1) is 9.83 Å². The van der Waals surface area contributed by atoms with E-state index in [2.05, 4.69) is 45.7 Å². The van der Waals surface area contributed by atoms with Gasteiger partial charge in [0.25, 0.3) is 0 Å². The fraction of sp³-hybridized carbons (Fsp3) is 0.600. The van der Waals surface area contributed by atoms with Gasteiger partial charge in [-0.3, -0.25) is 0 Å². The Bertz CT molecular complexity index is 397. The van der Waals surface area contributed by atoms with E-state index in [1.54, 1.807) is 16.9 Å².